The van der Waals surface area contributed by atoms with Gasteiger partial charge in [0.25, 0.3) is 0 Å². The summed E-state index contributed by atoms with van der Waals surface area (Å²) < 4.78 is 4.42. The molecule has 1 aliphatic heterocycles. The van der Waals surface area contributed by atoms with Gasteiger partial charge in [0, 0.05) is 6.08 Å². The van der Waals surface area contributed by atoms with Crippen molar-refractivity contribution in [1.82, 2.24) is 0 Å². The Morgan fingerprint density at radius 3 is 2.56 bits per heavy atom. The zero-order valence-electron chi connectivity index (χ0n) is 8.10. The molecular formula is C11H7NO4. The normalized spacial score (nSPS) is 14.0. The van der Waals surface area contributed by atoms with Crippen LogP contribution >= 0.6 is 0 Å². The van der Waals surface area contributed by atoms with Gasteiger partial charge in [-0.05, 0) is 23.8 Å². The molecule has 5 nitrogen and oxygen atoms in total. The van der Waals surface area contributed by atoms with Gasteiger partial charge in [-0.2, -0.15) is 0 Å². The van der Waals surface area contributed by atoms with E-state index < -0.39 is 17.8 Å². The number of rotatable bonds is 2. The second-order valence-corrected chi connectivity index (χ2v) is 3.22. The fraction of sp³-hybridized carbons (Fsp3) is 0. The van der Waals surface area contributed by atoms with Crippen molar-refractivity contribution < 1.29 is 19.1 Å². The van der Waals surface area contributed by atoms with Gasteiger partial charge in [-0.15, -0.1) is 0 Å². The van der Waals surface area contributed by atoms with Gasteiger partial charge in [0.15, 0.2) is 0 Å². The first kappa shape index (κ1) is 10.1. The monoisotopic (exact) mass is 217 g/mol. The molecule has 0 radical (unpaired) electrons. The van der Waals surface area contributed by atoms with E-state index in [4.69, 9.17) is 5.73 Å². The molecule has 0 aliphatic carbocycles. The van der Waals surface area contributed by atoms with Crippen molar-refractivity contribution in [3.05, 3.63) is 41.0 Å². The molecular weight excluding hydrogens is 210 g/mol. The van der Waals surface area contributed by atoms with Gasteiger partial charge in [0.2, 0.25) is 5.91 Å². The van der Waals surface area contributed by atoms with E-state index in [1.165, 1.54) is 24.3 Å². The highest BCUT2D eigenvalue weighted by Gasteiger charge is 2.29. The number of carbonyl (C=O) groups is 3. The average molecular weight is 217 g/mol. The number of cyclic esters (lactones) is 2. The van der Waals surface area contributed by atoms with E-state index in [9.17, 15) is 14.4 Å². The number of nitrogens with two attached hydrogens (primary N) is 1. The van der Waals surface area contributed by atoms with Crippen LogP contribution in [-0.4, -0.2) is 17.8 Å². The molecule has 2 N–H and O–H groups in total. The van der Waals surface area contributed by atoms with E-state index in [1.54, 1.807) is 6.07 Å². The molecule has 1 aromatic carbocycles. The topological polar surface area (TPSA) is 86.5 Å². The minimum atomic E-state index is -0.672. The lowest BCUT2D eigenvalue weighted by atomic mass is 10.1. The molecule has 80 valence electrons. The maximum Gasteiger partial charge on any atom is 0.346 e. The molecule has 5 heteroatoms. The predicted octanol–water partition coefficient (Wildman–Crippen LogP) is 0.496. The van der Waals surface area contributed by atoms with Crippen molar-refractivity contribution in [2.24, 2.45) is 5.73 Å². The molecule has 1 amide bonds. The first-order valence-electron chi connectivity index (χ1n) is 4.46. The molecule has 0 aromatic heterocycles. The largest absolute Gasteiger partial charge is 0.386 e. The Labute approximate surface area is 90.5 Å². The van der Waals surface area contributed by atoms with Crippen LogP contribution in [0, 0.1) is 0 Å². The molecule has 0 spiro atoms. The molecule has 0 atom stereocenters. The van der Waals surface area contributed by atoms with Crippen LogP contribution < -0.4 is 5.73 Å². The number of carbonyl (C=O) groups excluding carboxylic acids is 3. The van der Waals surface area contributed by atoms with Gasteiger partial charge < -0.3 is 10.5 Å². The summed E-state index contributed by atoms with van der Waals surface area (Å²) in [6.07, 6.45) is 2.63. The summed E-state index contributed by atoms with van der Waals surface area (Å²) in [6, 6.07) is 4.55. The number of benzene rings is 1. The van der Waals surface area contributed by atoms with Gasteiger partial charge in [0.05, 0.1) is 11.1 Å². The summed E-state index contributed by atoms with van der Waals surface area (Å²) >= 11 is 0. The van der Waals surface area contributed by atoms with Crippen molar-refractivity contribution in [1.29, 1.82) is 0 Å². The first-order valence-corrected chi connectivity index (χ1v) is 4.46. The van der Waals surface area contributed by atoms with E-state index >= 15 is 0 Å². The molecule has 0 saturated heterocycles. The highest BCUT2D eigenvalue weighted by molar-refractivity contribution is 6.15. The molecule has 0 saturated carbocycles. The van der Waals surface area contributed by atoms with Crippen molar-refractivity contribution in [3.63, 3.8) is 0 Å². The third-order valence-electron chi connectivity index (χ3n) is 2.11. The third kappa shape index (κ3) is 1.70. The molecule has 1 aliphatic rings. The van der Waals surface area contributed by atoms with Crippen LogP contribution in [0.3, 0.4) is 0 Å². The number of hydrogen-bond acceptors (Lipinski definition) is 4. The quantitative estimate of drug-likeness (QED) is 0.444. The van der Waals surface area contributed by atoms with E-state index in [1.807, 2.05) is 0 Å². The maximum atomic E-state index is 11.2. The zero-order valence-corrected chi connectivity index (χ0v) is 8.10. The summed E-state index contributed by atoms with van der Waals surface area (Å²) in [6.45, 7) is 0. The fourth-order valence-electron chi connectivity index (χ4n) is 1.38. The van der Waals surface area contributed by atoms with Crippen molar-refractivity contribution in [2.45, 2.75) is 0 Å². The SMILES string of the molecule is NC(=O)C=Cc1ccc2c(c1)C(=O)OC2=O. The number of fused-ring (bicyclic) bond motifs is 1. The minimum Gasteiger partial charge on any atom is -0.386 e. The highest BCUT2D eigenvalue weighted by Crippen LogP contribution is 2.21. The fourth-order valence-corrected chi connectivity index (χ4v) is 1.38. The summed E-state index contributed by atoms with van der Waals surface area (Å²) in [7, 11) is 0. The van der Waals surface area contributed by atoms with Gasteiger partial charge in [-0.3, -0.25) is 4.79 Å². The Morgan fingerprint density at radius 2 is 1.88 bits per heavy atom. The van der Waals surface area contributed by atoms with Gasteiger partial charge in [0.1, 0.15) is 0 Å². The van der Waals surface area contributed by atoms with Crippen molar-refractivity contribution in [2.75, 3.05) is 0 Å². The molecule has 0 bridgehead atoms. The molecule has 1 heterocycles. The first-order chi connectivity index (χ1) is 7.58. The Morgan fingerprint density at radius 1 is 1.19 bits per heavy atom. The lowest BCUT2D eigenvalue weighted by Gasteiger charge is -1.95. The predicted molar refractivity (Wildman–Crippen MR) is 54.4 cm³/mol. The summed E-state index contributed by atoms with van der Waals surface area (Å²) in [5, 5.41) is 0. The molecule has 0 unspecified atom stereocenters. The summed E-state index contributed by atoms with van der Waals surface area (Å²) in [5.74, 6) is -1.90. The van der Waals surface area contributed by atoms with Gasteiger partial charge in [-0.1, -0.05) is 6.07 Å². The zero-order chi connectivity index (χ0) is 11.7. The second kappa shape index (κ2) is 3.62. The maximum absolute atomic E-state index is 11.2. The Balaban J connectivity index is 2.40. The molecule has 16 heavy (non-hydrogen) atoms. The van der Waals surface area contributed by atoms with Crippen LogP contribution in [0.5, 0.6) is 0 Å². The standard InChI is InChI=1S/C11H7NO4/c12-9(13)4-2-6-1-3-7-8(5-6)11(15)16-10(7)14/h1-5H,(H2,12,13). The van der Waals surface area contributed by atoms with Crippen molar-refractivity contribution >= 4 is 23.9 Å². The van der Waals surface area contributed by atoms with Crippen LogP contribution in [0.2, 0.25) is 0 Å². The van der Waals surface area contributed by atoms with E-state index in [0.29, 0.717) is 5.56 Å². The van der Waals surface area contributed by atoms with Crippen LogP contribution in [0.25, 0.3) is 6.08 Å². The number of amides is 1. The minimum absolute atomic E-state index is 0.205. The van der Waals surface area contributed by atoms with Gasteiger partial charge in [-0.25, -0.2) is 9.59 Å². The lowest BCUT2D eigenvalue weighted by Crippen LogP contribution is -2.05. The Kier molecular flexibility index (Phi) is 2.28. The number of primary amides is 1. The second-order valence-electron chi connectivity index (χ2n) is 3.22. The van der Waals surface area contributed by atoms with Crippen LogP contribution in [-0.2, 0) is 9.53 Å². The Hall–Kier alpha value is -2.43. The van der Waals surface area contributed by atoms with Crippen molar-refractivity contribution in [3.8, 4) is 0 Å². The molecule has 0 fully saturated rings. The lowest BCUT2D eigenvalue weighted by molar-refractivity contribution is -0.113. The summed E-state index contributed by atoms with van der Waals surface area (Å²) in [5.41, 5.74) is 5.97. The smallest absolute Gasteiger partial charge is 0.346 e. The molecule has 1 aromatic rings. The van der Waals surface area contributed by atoms with Crippen LogP contribution in [0.4, 0.5) is 0 Å². The van der Waals surface area contributed by atoms with Crippen LogP contribution in [0.15, 0.2) is 24.3 Å². The number of esters is 2. The van der Waals surface area contributed by atoms with Gasteiger partial charge >= 0.3 is 11.9 Å². The van der Waals surface area contributed by atoms with Crippen LogP contribution in [0.1, 0.15) is 26.3 Å². The third-order valence-corrected chi connectivity index (χ3v) is 2.11. The molecule has 2 rings (SSSR count). The van der Waals surface area contributed by atoms with E-state index in [0.717, 1.165) is 0 Å². The van der Waals surface area contributed by atoms with E-state index in [2.05, 4.69) is 4.74 Å². The average Bonchev–Trinajstić information content (AvgIpc) is 2.52. The Bertz CT molecular complexity index is 531. The number of ether oxygens (including phenoxy) is 1. The van der Waals surface area contributed by atoms with E-state index in [-0.39, 0.29) is 11.1 Å². The number of hydrogen-bond donors (Lipinski definition) is 1. The highest BCUT2D eigenvalue weighted by atomic mass is 16.6. The summed E-state index contributed by atoms with van der Waals surface area (Å²) in [4.78, 5) is 32.8.